The van der Waals surface area contributed by atoms with Crippen LogP contribution in [0.15, 0.2) is 64.5 Å². The largest absolute Gasteiger partial charge is 0.508 e. The van der Waals surface area contributed by atoms with Crippen molar-refractivity contribution in [3.05, 3.63) is 76.2 Å². The molecule has 0 atom stereocenters. The molecule has 9 heteroatoms. The van der Waals surface area contributed by atoms with Crippen LogP contribution in [0.2, 0.25) is 0 Å². The maximum Gasteiger partial charge on any atom is 0.329 e. The molecule has 1 aromatic heterocycles. The number of aromatic nitrogens is 2. The van der Waals surface area contributed by atoms with E-state index in [-0.39, 0.29) is 11.4 Å². The van der Waals surface area contributed by atoms with Crippen molar-refractivity contribution >= 4 is 23.7 Å². The van der Waals surface area contributed by atoms with Crippen molar-refractivity contribution in [3.8, 4) is 11.4 Å². The number of hydrazone groups is 1. The third-order valence-electron chi connectivity index (χ3n) is 4.25. The molecule has 3 aromatic rings. The minimum atomic E-state index is -1.03. The zero-order chi connectivity index (χ0) is 21.0. The van der Waals surface area contributed by atoms with Crippen molar-refractivity contribution < 1.29 is 14.7 Å². The maximum absolute atomic E-state index is 12.7. The van der Waals surface area contributed by atoms with Crippen LogP contribution in [-0.4, -0.2) is 32.5 Å². The lowest BCUT2D eigenvalue weighted by molar-refractivity contribution is -0.136. The number of amides is 2. The molecule has 29 heavy (non-hydrogen) atoms. The third kappa shape index (κ3) is 4.24. The topological polar surface area (TPSA) is 118 Å². The predicted octanol–water partition coefficient (Wildman–Crippen LogP) is 1.28. The number of anilines is 1. The van der Waals surface area contributed by atoms with Gasteiger partial charge in [-0.25, -0.2) is 10.1 Å². The molecule has 0 fully saturated rings. The Morgan fingerprint density at radius 3 is 2.48 bits per heavy atom. The molecule has 9 nitrogen and oxygen atoms in total. The summed E-state index contributed by atoms with van der Waals surface area (Å²) < 4.78 is 2.98. The molecular formula is C20H19N5O4. The number of carbonyl (C=O) groups excluding carboxylic acids is 2. The van der Waals surface area contributed by atoms with Gasteiger partial charge in [-0.3, -0.25) is 19.1 Å². The number of hydrogen-bond donors (Lipinski definition) is 3. The summed E-state index contributed by atoms with van der Waals surface area (Å²) in [6.07, 6.45) is 1.28. The second kappa shape index (κ2) is 8.26. The third-order valence-corrected chi connectivity index (χ3v) is 4.25. The van der Waals surface area contributed by atoms with E-state index in [2.05, 4.69) is 15.8 Å². The molecule has 0 aliphatic carbocycles. The second-order valence-corrected chi connectivity index (χ2v) is 6.18. The van der Waals surface area contributed by atoms with Gasteiger partial charge >= 0.3 is 11.8 Å². The van der Waals surface area contributed by atoms with Crippen molar-refractivity contribution in [1.82, 2.24) is 14.8 Å². The van der Waals surface area contributed by atoms with Crippen LogP contribution in [-0.2, 0) is 16.6 Å². The Balaban J connectivity index is 1.74. The van der Waals surface area contributed by atoms with E-state index < -0.39 is 17.4 Å². The number of phenolic OH excluding ortho intramolecular Hbond substituents is 1. The minimum Gasteiger partial charge on any atom is -0.508 e. The Labute approximate surface area is 165 Å². The molecule has 0 spiro atoms. The van der Waals surface area contributed by atoms with Gasteiger partial charge in [-0.15, -0.1) is 0 Å². The zero-order valence-electron chi connectivity index (χ0n) is 15.8. The molecule has 0 aliphatic rings. The van der Waals surface area contributed by atoms with E-state index in [9.17, 15) is 19.5 Å². The molecule has 2 aromatic carbocycles. The highest BCUT2D eigenvalue weighted by molar-refractivity contribution is 6.39. The van der Waals surface area contributed by atoms with Crippen molar-refractivity contribution in [2.24, 2.45) is 12.1 Å². The molecule has 0 radical (unpaired) electrons. The minimum absolute atomic E-state index is 0.00784. The fourth-order valence-electron chi connectivity index (χ4n) is 2.70. The monoisotopic (exact) mass is 393 g/mol. The molecule has 0 bridgehead atoms. The zero-order valence-corrected chi connectivity index (χ0v) is 15.8. The second-order valence-electron chi connectivity index (χ2n) is 6.18. The first-order valence-corrected chi connectivity index (χ1v) is 8.66. The summed E-state index contributed by atoms with van der Waals surface area (Å²) in [5.41, 5.74) is 3.29. The first-order chi connectivity index (χ1) is 13.9. The molecule has 3 rings (SSSR count). The van der Waals surface area contributed by atoms with Gasteiger partial charge in [-0.2, -0.15) is 5.10 Å². The molecule has 1 heterocycles. The van der Waals surface area contributed by atoms with E-state index in [0.717, 1.165) is 0 Å². The average Bonchev–Trinajstić information content (AvgIpc) is 2.92. The van der Waals surface area contributed by atoms with E-state index in [4.69, 9.17) is 0 Å². The van der Waals surface area contributed by atoms with Crippen molar-refractivity contribution in [3.63, 3.8) is 0 Å². The first-order valence-electron chi connectivity index (χ1n) is 8.66. The van der Waals surface area contributed by atoms with Gasteiger partial charge in [0.2, 0.25) is 0 Å². The number of benzene rings is 2. The fraction of sp³-hybridized carbons (Fsp3) is 0.100. The molecular weight excluding hydrogens is 374 g/mol. The van der Waals surface area contributed by atoms with Crippen LogP contribution < -0.4 is 16.3 Å². The number of phenols is 1. The Hall–Kier alpha value is -4.14. The molecule has 148 valence electrons. The van der Waals surface area contributed by atoms with Crippen molar-refractivity contribution in [1.29, 1.82) is 0 Å². The van der Waals surface area contributed by atoms with E-state index in [1.54, 1.807) is 55.1 Å². The summed E-state index contributed by atoms with van der Waals surface area (Å²) in [5.74, 6) is -2.01. The van der Waals surface area contributed by atoms with Gasteiger partial charge < -0.3 is 10.4 Å². The van der Waals surface area contributed by atoms with Gasteiger partial charge in [-0.05, 0) is 36.8 Å². The van der Waals surface area contributed by atoms with Gasteiger partial charge in [0.25, 0.3) is 5.56 Å². The van der Waals surface area contributed by atoms with Crippen LogP contribution in [0.25, 0.3) is 5.69 Å². The maximum atomic E-state index is 12.7. The summed E-state index contributed by atoms with van der Waals surface area (Å²) in [5, 5.41) is 15.4. The van der Waals surface area contributed by atoms with Crippen LogP contribution in [0.5, 0.6) is 5.75 Å². The van der Waals surface area contributed by atoms with E-state index >= 15 is 0 Å². The first kappa shape index (κ1) is 19.6. The fourth-order valence-corrected chi connectivity index (χ4v) is 2.70. The number of carbonyl (C=O) groups is 2. The van der Waals surface area contributed by atoms with Crippen molar-refractivity contribution in [2.75, 3.05) is 5.32 Å². The summed E-state index contributed by atoms with van der Waals surface area (Å²) in [6, 6.07) is 15.1. The Bertz CT molecular complexity index is 1150. The van der Waals surface area contributed by atoms with Gasteiger partial charge in [0.1, 0.15) is 11.4 Å². The van der Waals surface area contributed by atoms with Crippen LogP contribution in [0.3, 0.4) is 0 Å². The van der Waals surface area contributed by atoms with Gasteiger partial charge in [0.05, 0.1) is 17.6 Å². The number of nitrogens with one attached hydrogen (secondary N) is 2. The molecule has 0 saturated heterocycles. The highest BCUT2D eigenvalue weighted by Gasteiger charge is 2.21. The Morgan fingerprint density at radius 1 is 1.07 bits per heavy atom. The SMILES string of the molecule is Cc1c(NC(=O)C(=O)N/N=C/c2cccc(O)c2)c(=O)n(-c2ccccc2)n1C. The normalized spacial score (nSPS) is 10.8. The molecule has 3 N–H and O–H groups in total. The average molecular weight is 393 g/mol. The smallest absolute Gasteiger partial charge is 0.329 e. The molecule has 2 amide bonds. The highest BCUT2D eigenvalue weighted by Crippen LogP contribution is 2.13. The number of rotatable bonds is 4. The summed E-state index contributed by atoms with van der Waals surface area (Å²) in [4.78, 5) is 36.9. The summed E-state index contributed by atoms with van der Waals surface area (Å²) >= 11 is 0. The van der Waals surface area contributed by atoms with Crippen LogP contribution in [0.4, 0.5) is 5.69 Å². The summed E-state index contributed by atoms with van der Waals surface area (Å²) in [7, 11) is 1.68. The lowest BCUT2D eigenvalue weighted by Gasteiger charge is -2.07. The van der Waals surface area contributed by atoms with Gasteiger partial charge in [0, 0.05) is 7.05 Å². The van der Waals surface area contributed by atoms with Gasteiger partial charge in [-0.1, -0.05) is 30.3 Å². The standard InChI is InChI=1S/C20H19N5O4/c1-13-17(20(29)25(24(13)2)15-8-4-3-5-9-15)22-18(27)19(28)23-21-12-14-7-6-10-16(26)11-14/h3-12,26H,1-2H3,(H,22,27)(H,23,28)/b21-12+. The Morgan fingerprint density at radius 2 is 1.79 bits per heavy atom. The Kier molecular flexibility index (Phi) is 5.59. The molecule has 0 saturated carbocycles. The number of para-hydroxylation sites is 1. The van der Waals surface area contributed by atoms with Gasteiger partial charge in [0.15, 0.2) is 0 Å². The lowest BCUT2D eigenvalue weighted by Crippen LogP contribution is -2.34. The molecule has 0 aliphatic heterocycles. The van der Waals surface area contributed by atoms with E-state index in [0.29, 0.717) is 16.9 Å². The lowest BCUT2D eigenvalue weighted by atomic mass is 10.2. The number of nitrogens with zero attached hydrogens (tertiary/aromatic N) is 3. The quantitative estimate of drug-likeness (QED) is 0.352. The van der Waals surface area contributed by atoms with Crippen molar-refractivity contribution in [2.45, 2.75) is 6.92 Å². The van der Waals surface area contributed by atoms with Crippen LogP contribution in [0, 0.1) is 6.92 Å². The number of aromatic hydroxyl groups is 1. The highest BCUT2D eigenvalue weighted by atomic mass is 16.3. The number of hydrogen-bond acceptors (Lipinski definition) is 5. The predicted molar refractivity (Wildman–Crippen MR) is 108 cm³/mol. The van der Waals surface area contributed by atoms with E-state index in [1.807, 2.05) is 6.07 Å². The van der Waals surface area contributed by atoms with Crippen LogP contribution >= 0.6 is 0 Å². The summed E-state index contributed by atoms with van der Waals surface area (Å²) in [6.45, 7) is 1.66. The molecule has 0 unspecified atom stereocenters. The van der Waals surface area contributed by atoms with E-state index in [1.165, 1.54) is 23.0 Å². The van der Waals surface area contributed by atoms with Crippen LogP contribution in [0.1, 0.15) is 11.3 Å².